The number of carboxylic acid groups (broad SMARTS) is 1. The monoisotopic (exact) mass is 402 g/mol. The number of hydrogen-bond donors (Lipinski definition) is 2. The van der Waals surface area contributed by atoms with Gasteiger partial charge < -0.3 is 24.4 Å². The molecule has 0 saturated carbocycles. The average molecular weight is 402 g/mol. The first-order chi connectivity index (χ1) is 13.9. The number of esters is 3. The molecule has 0 radical (unpaired) electrons. The summed E-state index contributed by atoms with van der Waals surface area (Å²) in [5.74, 6) is -3.21. The molecule has 0 unspecified atom stereocenters. The SMILES string of the molecule is O=C(O)c1cccc(C(=O)OCCOC(=O)c2ccc(C(=O)OCCO)cc2)c1. The number of carbonyl (C=O) groups excluding carboxylic acids is 3. The van der Waals surface area contributed by atoms with Gasteiger partial charge in [-0.15, -0.1) is 0 Å². The number of benzene rings is 2. The highest BCUT2D eigenvalue weighted by molar-refractivity contribution is 5.95. The maximum Gasteiger partial charge on any atom is 0.338 e. The molecule has 0 saturated heterocycles. The van der Waals surface area contributed by atoms with Gasteiger partial charge in [0.2, 0.25) is 0 Å². The molecule has 0 aliphatic carbocycles. The van der Waals surface area contributed by atoms with Gasteiger partial charge in [0.15, 0.2) is 0 Å². The Morgan fingerprint density at radius 1 is 0.655 bits per heavy atom. The average Bonchev–Trinajstić information content (AvgIpc) is 2.74. The molecule has 2 aromatic carbocycles. The summed E-state index contributed by atoms with van der Waals surface area (Å²) in [5.41, 5.74) is 0.422. The molecule has 0 spiro atoms. The summed E-state index contributed by atoms with van der Waals surface area (Å²) in [6.45, 7) is -0.829. The van der Waals surface area contributed by atoms with Crippen molar-refractivity contribution in [2.45, 2.75) is 0 Å². The zero-order valence-corrected chi connectivity index (χ0v) is 15.2. The molecule has 9 heteroatoms. The molecule has 0 atom stereocenters. The Morgan fingerprint density at radius 2 is 1.10 bits per heavy atom. The Labute approximate surface area is 165 Å². The van der Waals surface area contributed by atoms with Crippen LogP contribution in [0.5, 0.6) is 0 Å². The maximum atomic E-state index is 12.0. The van der Waals surface area contributed by atoms with Crippen LogP contribution in [0.3, 0.4) is 0 Å². The van der Waals surface area contributed by atoms with Crippen LogP contribution in [-0.2, 0) is 14.2 Å². The predicted octanol–water partition coefficient (Wildman–Crippen LogP) is 1.55. The summed E-state index contributed by atoms with van der Waals surface area (Å²) in [6, 6.07) is 10.9. The molecule has 0 heterocycles. The van der Waals surface area contributed by atoms with E-state index in [0.29, 0.717) is 0 Å². The highest BCUT2D eigenvalue weighted by atomic mass is 16.6. The van der Waals surface area contributed by atoms with Crippen LogP contribution in [-0.4, -0.2) is 60.5 Å². The fourth-order valence-corrected chi connectivity index (χ4v) is 2.18. The number of aliphatic hydroxyl groups is 1. The van der Waals surface area contributed by atoms with Gasteiger partial charge in [0.1, 0.15) is 19.8 Å². The van der Waals surface area contributed by atoms with Crippen LogP contribution < -0.4 is 0 Å². The Morgan fingerprint density at radius 3 is 1.59 bits per heavy atom. The fourth-order valence-electron chi connectivity index (χ4n) is 2.18. The van der Waals surface area contributed by atoms with E-state index in [1.807, 2.05) is 0 Å². The summed E-state index contributed by atoms with van der Waals surface area (Å²) < 4.78 is 14.7. The molecule has 0 fully saturated rings. The van der Waals surface area contributed by atoms with Crippen molar-refractivity contribution in [2.75, 3.05) is 26.4 Å². The number of carbonyl (C=O) groups is 4. The minimum atomic E-state index is -1.17. The van der Waals surface area contributed by atoms with Gasteiger partial charge in [0.05, 0.1) is 28.9 Å². The first kappa shape index (κ1) is 21.6. The van der Waals surface area contributed by atoms with Crippen LogP contribution in [0.4, 0.5) is 0 Å². The third-order valence-corrected chi connectivity index (χ3v) is 3.58. The second-order valence-electron chi connectivity index (χ2n) is 5.59. The summed E-state index contributed by atoms with van der Waals surface area (Å²) in [5, 5.41) is 17.5. The van der Waals surface area contributed by atoms with Crippen molar-refractivity contribution < 1.29 is 43.6 Å². The van der Waals surface area contributed by atoms with Crippen LogP contribution in [0.2, 0.25) is 0 Å². The number of carboxylic acids is 1. The van der Waals surface area contributed by atoms with Gasteiger partial charge in [0.25, 0.3) is 0 Å². The molecule has 0 aliphatic heterocycles. The predicted molar refractivity (Wildman–Crippen MR) is 97.8 cm³/mol. The van der Waals surface area contributed by atoms with Gasteiger partial charge in [-0.25, -0.2) is 19.2 Å². The topological polar surface area (TPSA) is 136 Å². The molecule has 2 N–H and O–H groups in total. The smallest absolute Gasteiger partial charge is 0.338 e. The zero-order chi connectivity index (χ0) is 21.2. The third kappa shape index (κ3) is 6.43. The van der Waals surface area contributed by atoms with Gasteiger partial charge in [-0.1, -0.05) is 6.07 Å². The van der Waals surface area contributed by atoms with E-state index in [2.05, 4.69) is 0 Å². The Hall–Kier alpha value is -3.72. The highest BCUT2D eigenvalue weighted by Gasteiger charge is 2.13. The Balaban J connectivity index is 1.79. The van der Waals surface area contributed by atoms with Gasteiger partial charge in [0, 0.05) is 0 Å². The molecule has 0 aromatic heterocycles. The number of hydrogen-bond acceptors (Lipinski definition) is 8. The van der Waals surface area contributed by atoms with Crippen molar-refractivity contribution in [1.82, 2.24) is 0 Å². The van der Waals surface area contributed by atoms with E-state index in [1.165, 1.54) is 48.5 Å². The first-order valence-electron chi connectivity index (χ1n) is 8.48. The van der Waals surface area contributed by atoms with Crippen LogP contribution in [0.1, 0.15) is 41.4 Å². The third-order valence-electron chi connectivity index (χ3n) is 3.58. The molecule has 29 heavy (non-hydrogen) atoms. The molecule has 2 rings (SSSR count). The fraction of sp³-hybridized carbons (Fsp3) is 0.200. The maximum absolute atomic E-state index is 12.0. The summed E-state index contributed by atoms with van der Waals surface area (Å²) in [6.07, 6.45) is 0. The van der Waals surface area contributed by atoms with E-state index < -0.39 is 23.9 Å². The molecule has 0 amide bonds. The van der Waals surface area contributed by atoms with Gasteiger partial charge in [-0.05, 0) is 42.5 Å². The van der Waals surface area contributed by atoms with E-state index in [-0.39, 0.29) is 48.7 Å². The van der Waals surface area contributed by atoms with Crippen LogP contribution in [0.25, 0.3) is 0 Å². The van der Waals surface area contributed by atoms with Crippen LogP contribution in [0, 0.1) is 0 Å². The van der Waals surface area contributed by atoms with Gasteiger partial charge in [-0.2, -0.15) is 0 Å². The minimum absolute atomic E-state index is 0.0467. The van der Waals surface area contributed by atoms with E-state index in [9.17, 15) is 19.2 Å². The molecule has 0 aliphatic rings. The van der Waals surface area contributed by atoms with Crippen molar-refractivity contribution in [2.24, 2.45) is 0 Å². The molecular formula is C20H18O9. The number of aromatic carboxylic acids is 1. The quantitative estimate of drug-likeness (QED) is 0.363. The normalized spacial score (nSPS) is 10.1. The number of rotatable bonds is 9. The standard InChI is InChI=1S/C20H18O9/c21-8-9-27-18(24)13-4-6-14(7-5-13)19(25)28-10-11-29-20(26)16-3-1-2-15(12-16)17(22)23/h1-7,12,21H,8-11H2,(H,22,23). The van der Waals surface area contributed by atoms with Crippen molar-refractivity contribution in [1.29, 1.82) is 0 Å². The van der Waals surface area contributed by atoms with Crippen molar-refractivity contribution >= 4 is 23.9 Å². The lowest BCUT2D eigenvalue weighted by molar-refractivity contribution is 0.0265. The van der Waals surface area contributed by atoms with E-state index in [1.54, 1.807) is 0 Å². The highest BCUT2D eigenvalue weighted by Crippen LogP contribution is 2.09. The minimum Gasteiger partial charge on any atom is -0.478 e. The van der Waals surface area contributed by atoms with Crippen molar-refractivity contribution in [3.8, 4) is 0 Å². The van der Waals surface area contributed by atoms with Gasteiger partial charge >= 0.3 is 23.9 Å². The molecular weight excluding hydrogens is 384 g/mol. The molecule has 9 nitrogen and oxygen atoms in total. The lowest BCUT2D eigenvalue weighted by atomic mass is 10.1. The largest absolute Gasteiger partial charge is 0.478 e. The molecule has 2 aromatic rings. The second-order valence-corrected chi connectivity index (χ2v) is 5.59. The summed E-state index contributed by atoms with van der Waals surface area (Å²) >= 11 is 0. The number of aliphatic hydroxyl groups excluding tert-OH is 1. The Kier molecular flexibility index (Phi) is 7.87. The lowest BCUT2D eigenvalue weighted by Crippen LogP contribution is -2.15. The second kappa shape index (κ2) is 10.6. The zero-order valence-electron chi connectivity index (χ0n) is 15.2. The summed E-state index contributed by atoms with van der Waals surface area (Å²) in [7, 11) is 0. The van der Waals surface area contributed by atoms with Crippen LogP contribution in [0.15, 0.2) is 48.5 Å². The molecule has 0 bridgehead atoms. The first-order valence-corrected chi connectivity index (χ1v) is 8.48. The molecule has 152 valence electrons. The summed E-state index contributed by atoms with van der Waals surface area (Å²) in [4.78, 5) is 46.4. The van der Waals surface area contributed by atoms with Crippen molar-refractivity contribution in [3.63, 3.8) is 0 Å². The van der Waals surface area contributed by atoms with E-state index >= 15 is 0 Å². The van der Waals surface area contributed by atoms with Crippen LogP contribution >= 0.6 is 0 Å². The number of ether oxygens (including phenoxy) is 3. The van der Waals surface area contributed by atoms with Crippen molar-refractivity contribution in [3.05, 3.63) is 70.8 Å². The Bertz CT molecular complexity index is 887. The van der Waals surface area contributed by atoms with E-state index in [0.717, 1.165) is 0 Å². The lowest BCUT2D eigenvalue weighted by Gasteiger charge is -2.07. The van der Waals surface area contributed by atoms with E-state index in [4.69, 9.17) is 24.4 Å². The van der Waals surface area contributed by atoms with Gasteiger partial charge in [-0.3, -0.25) is 0 Å².